The molecule has 6 rings (SSSR count). The van der Waals surface area contributed by atoms with E-state index in [1.165, 1.54) is 24.4 Å². The minimum atomic E-state index is -0.592. The van der Waals surface area contributed by atoms with Crippen molar-refractivity contribution in [3.05, 3.63) is 68.7 Å². The van der Waals surface area contributed by atoms with E-state index in [0.717, 1.165) is 25.7 Å². The molecule has 0 radical (unpaired) electrons. The first kappa shape index (κ1) is 21.1. The molecule has 3 heterocycles. The molecular weight excluding hydrogens is 455 g/mol. The molecule has 2 aliphatic carbocycles. The monoisotopic (exact) mass is 476 g/mol. The van der Waals surface area contributed by atoms with Gasteiger partial charge in [-0.15, -0.1) is 0 Å². The van der Waals surface area contributed by atoms with Crippen molar-refractivity contribution in [2.45, 2.75) is 37.8 Å². The Hall–Kier alpha value is -4.48. The topological polar surface area (TPSA) is 153 Å². The van der Waals surface area contributed by atoms with Crippen molar-refractivity contribution in [3.63, 3.8) is 0 Å². The van der Waals surface area contributed by atoms with Crippen molar-refractivity contribution in [3.8, 4) is 5.88 Å². The van der Waals surface area contributed by atoms with Gasteiger partial charge in [0, 0.05) is 22.9 Å². The second-order valence-electron chi connectivity index (χ2n) is 8.75. The van der Waals surface area contributed by atoms with Crippen LogP contribution in [0, 0.1) is 5.82 Å². The van der Waals surface area contributed by atoms with Gasteiger partial charge in [0.1, 0.15) is 17.3 Å². The molecular formula is C23H21FN8O3. The smallest absolute Gasteiger partial charge is 0.326 e. The molecule has 12 heteroatoms. The maximum absolute atomic E-state index is 14.9. The highest BCUT2D eigenvalue weighted by atomic mass is 19.1. The van der Waals surface area contributed by atoms with Crippen LogP contribution >= 0.6 is 0 Å². The van der Waals surface area contributed by atoms with E-state index in [-0.39, 0.29) is 40.8 Å². The summed E-state index contributed by atoms with van der Waals surface area (Å²) in [5, 5.41) is 20.6. The number of anilines is 2. The van der Waals surface area contributed by atoms with Crippen LogP contribution in [0.25, 0.3) is 11.7 Å². The van der Waals surface area contributed by atoms with Gasteiger partial charge in [0.05, 0.1) is 17.9 Å². The number of hydrogen-bond acceptors (Lipinski definition) is 7. The van der Waals surface area contributed by atoms with E-state index < -0.39 is 11.5 Å². The summed E-state index contributed by atoms with van der Waals surface area (Å²) in [6.45, 7) is 0. The van der Waals surface area contributed by atoms with Gasteiger partial charge in [-0.3, -0.25) is 14.8 Å². The van der Waals surface area contributed by atoms with Crippen LogP contribution in [0.15, 0.2) is 40.2 Å². The quantitative estimate of drug-likeness (QED) is 0.278. The number of halogens is 1. The highest BCUT2D eigenvalue weighted by molar-refractivity contribution is 5.95. The molecule has 3 aromatic heterocycles. The number of aromatic hydroxyl groups is 1. The maximum atomic E-state index is 14.9. The zero-order valence-electron chi connectivity index (χ0n) is 18.4. The molecule has 1 amide bonds. The second kappa shape index (κ2) is 8.08. The normalized spacial score (nSPS) is 16.7. The number of benzene rings is 1. The number of hydrogen-bond donors (Lipinski definition) is 5. The lowest BCUT2D eigenvalue weighted by Crippen LogP contribution is -2.25. The molecule has 0 atom stereocenters. The lowest BCUT2D eigenvalue weighted by molar-refractivity contribution is 0.0950. The molecule has 2 saturated carbocycles. The zero-order chi connectivity index (χ0) is 24.1. The van der Waals surface area contributed by atoms with E-state index in [1.807, 2.05) is 0 Å². The molecule has 35 heavy (non-hydrogen) atoms. The number of aromatic amines is 2. The highest BCUT2D eigenvalue weighted by Gasteiger charge is 2.24. The predicted octanol–water partition coefficient (Wildman–Crippen LogP) is 0.837. The van der Waals surface area contributed by atoms with E-state index in [0.29, 0.717) is 22.2 Å². The van der Waals surface area contributed by atoms with Crippen molar-refractivity contribution in [2.24, 2.45) is 4.99 Å². The number of fused-ring (bicyclic) bond motifs is 1. The number of carbonyl (C=O) groups is 1. The third-order valence-corrected chi connectivity index (χ3v) is 5.78. The van der Waals surface area contributed by atoms with Crippen LogP contribution < -0.4 is 27.0 Å². The molecule has 11 nitrogen and oxygen atoms in total. The molecule has 0 saturated heterocycles. The summed E-state index contributed by atoms with van der Waals surface area (Å²) in [7, 11) is 0. The summed E-state index contributed by atoms with van der Waals surface area (Å²) >= 11 is 0. The van der Waals surface area contributed by atoms with E-state index in [9.17, 15) is 19.1 Å². The van der Waals surface area contributed by atoms with Gasteiger partial charge in [0.2, 0.25) is 5.88 Å². The van der Waals surface area contributed by atoms with Crippen LogP contribution in [0.2, 0.25) is 0 Å². The molecule has 4 aromatic rings. The van der Waals surface area contributed by atoms with Gasteiger partial charge in [0.25, 0.3) is 5.91 Å². The summed E-state index contributed by atoms with van der Waals surface area (Å²) in [6.07, 6.45) is 6.92. The Morgan fingerprint density at radius 1 is 1.23 bits per heavy atom. The minimum Gasteiger partial charge on any atom is -0.493 e. The minimum absolute atomic E-state index is 0.153. The van der Waals surface area contributed by atoms with Gasteiger partial charge in [-0.25, -0.2) is 14.2 Å². The second-order valence-corrected chi connectivity index (χ2v) is 8.75. The van der Waals surface area contributed by atoms with Crippen molar-refractivity contribution >= 4 is 29.1 Å². The molecule has 2 aliphatic rings. The molecule has 0 unspecified atom stereocenters. The van der Waals surface area contributed by atoms with Gasteiger partial charge in [-0.2, -0.15) is 9.61 Å². The van der Waals surface area contributed by atoms with Crippen molar-refractivity contribution in [1.29, 1.82) is 0 Å². The number of nitrogens with zero attached hydrogens (tertiary/aromatic N) is 4. The number of imidazole rings is 1. The summed E-state index contributed by atoms with van der Waals surface area (Å²) in [4.78, 5) is 37.7. The molecule has 0 spiro atoms. The van der Waals surface area contributed by atoms with Crippen LogP contribution in [0.5, 0.6) is 5.88 Å². The van der Waals surface area contributed by atoms with Crippen LogP contribution in [0.3, 0.4) is 0 Å². The van der Waals surface area contributed by atoms with Crippen LogP contribution in [0.1, 0.15) is 41.7 Å². The molecule has 1 aromatic carbocycles. The molecule has 5 N–H and O–H groups in total. The molecule has 0 aliphatic heterocycles. The number of rotatable bonds is 6. The first-order valence-electron chi connectivity index (χ1n) is 11.3. The Balaban J connectivity index is 1.39. The van der Waals surface area contributed by atoms with Gasteiger partial charge >= 0.3 is 5.69 Å². The number of aromatic nitrogens is 5. The number of nitrogens with one attached hydrogen (secondary N) is 4. The summed E-state index contributed by atoms with van der Waals surface area (Å²) in [6, 6.07) is 6.28. The largest absolute Gasteiger partial charge is 0.493 e. The third-order valence-electron chi connectivity index (χ3n) is 5.78. The number of amides is 1. The molecule has 178 valence electrons. The Labute approximate surface area is 196 Å². The van der Waals surface area contributed by atoms with Gasteiger partial charge in [0.15, 0.2) is 11.1 Å². The first-order chi connectivity index (χ1) is 16.9. The van der Waals surface area contributed by atoms with E-state index in [4.69, 9.17) is 0 Å². The van der Waals surface area contributed by atoms with E-state index in [2.05, 4.69) is 35.7 Å². The number of carbonyl (C=O) groups excluding carboxylic acids is 1. The maximum Gasteiger partial charge on any atom is 0.326 e. The first-order valence-corrected chi connectivity index (χ1v) is 11.3. The van der Waals surface area contributed by atoms with Crippen LogP contribution in [-0.2, 0) is 0 Å². The Kier molecular flexibility index (Phi) is 4.87. The third kappa shape index (κ3) is 4.37. The zero-order valence-corrected chi connectivity index (χ0v) is 18.4. The number of H-pyrrole nitrogens is 2. The predicted molar refractivity (Wildman–Crippen MR) is 124 cm³/mol. The summed E-state index contributed by atoms with van der Waals surface area (Å²) in [5.74, 6) is -0.869. The lowest BCUT2D eigenvalue weighted by Gasteiger charge is -2.09. The average Bonchev–Trinajstić information content (AvgIpc) is 3.74. The van der Waals surface area contributed by atoms with E-state index >= 15 is 0 Å². The molecule has 0 bridgehead atoms. The summed E-state index contributed by atoms with van der Waals surface area (Å²) in [5.41, 5.74) is 0.969. The fourth-order valence-corrected chi connectivity index (χ4v) is 3.65. The fraction of sp³-hybridized carbons (Fsp3) is 0.261. The molecule has 2 fully saturated rings. The Bertz CT molecular complexity index is 1650. The van der Waals surface area contributed by atoms with Gasteiger partial charge in [-0.1, -0.05) is 0 Å². The van der Waals surface area contributed by atoms with Gasteiger partial charge in [-0.05, 0) is 50.0 Å². The van der Waals surface area contributed by atoms with Crippen molar-refractivity contribution in [1.82, 2.24) is 29.9 Å². The van der Waals surface area contributed by atoms with Gasteiger partial charge < -0.3 is 20.7 Å². The van der Waals surface area contributed by atoms with Crippen molar-refractivity contribution < 1.29 is 14.3 Å². The Morgan fingerprint density at radius 2 is 2.06 bits per heavy atom. The lowest BCUT2D eigenvalue weighted by atomic mass is 10.2. The van der Waals surface area contributed by atoms with Crippen molar-refractivity contribution in [2.75, 3.05) is 5.32 Å². The average molecular weight is 476 g/mol. The highest BCUT2D eigenvalue weighted by Crippen LogP contribution is 2.24. The van der Waals surface area contributed by atoms with Crippen LogP contribution in [-0.4, -0.2) is 47.7 Å². The van der Waals surface area contributed by atoms with E-state index in [1.54, 1.807) is 16.6 Å². The Morgan fingerprint density at radius 3 is 2.74 bits per heavy atom. The summed E-state index contributed by atoms with van der Waals surface area (Å²) < 4.78 is 16.4. The van der Waals surface area contributed by atoms with Crippen LogP contribution in [0.4, 0.5) is 15.9 Å². The SMILES string of the molecule is O=C(NC1CC1)c1ccc(Nc2cc(=NC3CC3)n3ncc(=Cc4[nH]c(=O)[nH]c4O)c3n2)c(F)c1. The fourth-order valence-electron chi connectivity index (χ4n) is 3.65. The standard InChI is InChI=1S/C23H21FN8O3/c24-15-7-11(21(33)27-14-4-5-14)1-6-16(15)28-18-9-19(26-13-2-3-13)32-20(30-18)12(10-25-32)8-17-22(34)31-23(35)29-17/h1,6-10,13-14,28,34H,2-5H2,(H,27,33)(H2,29,31,35).